The molecule has 1 atom stereocenters. The van der Waals surface area contributed by atoms with Crippen LogP contribution in [-0.2, 0) is 0 Å². The van der Waals surface area contributed by atoms with Gasteiger partial charge in [-0.15, -0.1) is 11.6 Å². The fraction of sp³-hybridized carbons (Fsp3) is 0.400. The first-order valence-corrected chi connectivity index (χ1v) is 4.71. The van der Waals surface area contributed by atoms with Gasteiger partial charge in [0, 0.05) is 6.07 Å². The van der Waals surface area contributed by atoms with Gasteiger partial charge in [-0.2, -0.15) is 0 Å². The lowest BCUT2D eigenvalue weighted by atomic mass is 10.1. The van der Waals surface area contributed by atoms with Gasteiger partial charge in [-0.05, 0) is 17.7 Å². The highest BCUT2D eigenvalue weighted by atomic mass is 35.5. The van der Waals surface area contributed by atoms with Crippen molar-refractivity contribution in [3.05, 3.63) is 23.8 Å². The van der Waals surface area contributed by atoms with E-state index in [2.05, 4.69) is 0 Å². The maximum atomic E-state index is 9.53. The minimum absolute atomic E-state index is 0.149. The molecule has 0 heterocycles. The van der Waals surface area contributed by atoms with Gasteiger partial charge >= 0.3 is 0 Å². The van der Waals surface area contributed by atoms with Crippen molar-refractivity contribution in [1.29, 1.82) is 0 Å². The van der Waals surface area contributed by atoms with Crippen LogP contribution in [0.5, 0.6) is 11.5 Å². The average Bonchev–Trinajstić information content (AvgIpc) is 2.27. The van der Waals surface area contributed by atoms with Crippen molar-refractivity contribution in [2.75, 3.05) is 20.1 Å². The highest BCUT2D eigenvalue weighted by Gasteiger charge is 2.09. The van der Waals surface area contributed by atoms with Gasteiger partial charge in [-0.25, -0.2) is 0 Å². The second-order valence-corrected chi connectivity index (χ2v) is 3.12. The predicted molar refractivity (Wildman–Crippen MR) is 55.2 cm³/mol. The van der Waals surface area contributed by atoms with Crippen LogP contribution in [0.3, 0.4) is 0 Å². The van der Waals surface area contributed by atoms with Crippen molar-refractivity contribution in [3.63, 3.8) is 0 Å². The predicted octanol–water partition coefficient (Wildman–Crippen LogP) is 1.98. The number of ether oxygens (including phenoxy) is 2. The number of aliphatic hydroxyl groups is 1. The highest BCUT2D eigenvalue weighted by Crippen LogP contribution is 2.26. The number of rotatable bonds is 4. The summed E-state index contributed by atoms with van der Waals surface area (Å²) in [5.74, 6) is 1.43. The third kappa shape index (κ3) is 2.53. The molecule has 0 aromatic heterocycles. The van der Waals surface area contributed by atoms with E-state index in [0.29, 0.717) is 17.1 Å². The molecule has 0 amide bonds. The van der Waals surface area contributed by atoms with Crippen molar-refractivity contribution < 1.29 is 14.6 Å². The van der Waals surface area contributed by atoms with Gasteiger partial charge in [0.15, 0.2) is 0 Å². The van der Waals surface area contributed by atoms with Crippen molar-refractivity contribution in [3.8, 4) is 11.5 Å². The normalized spacial score (nSPS) is 12.3. The number of alkyl halides is 1. The first kappa shape index (κ1) is 11.1. The zero-order valence-corrected chi connectivity index (χ0v) is 8.91. The molecule has 0 saturated carbocycles. The molecule has 1 N–H and O–H groups in total. The molecule has 1 rings (SSSR count). The maximum absolute atomic E-state index is 9.53. The fourth-order valence-electron chi connectivity index (χ4n) is 1.11. The third-order valence-electron chi connectivity index (χ3n) is 1.90. The maximum Gasteiger partial charge on any atom is 0.122 e. The van der Waals surface area contributed by atoms with Crippen LogP contribution in [0, 0.1) is 0 Å². The molecule has 0 saturated heterocycles. The number of methoxy groups -OCH3 is 2. The molecule has 14 heavy (non-hydrogen) atoms. The lowest BCUT2D eigenvalue weighted by Crippen LogP contribution is -2.00. The van der Waals surface area contributed by atoms with E-state index in [1.165, 1.54) is 0 Å². The number of aliphatic hydroxyl groups excluding tert-OH is 1. The van der Waals surface area contributed by atoms with Crippen LogP contribution in [0.4, 0.5) is 0 Å². The second kappa shape index (κ2) is 5.08. The van der Waals surface area contributed by atoms with Crippen LogP contribution in [0.15, 0.2) is 18.2 Å². The minimum atomic E-state index is -0.694. The van der Waals surface area contributed by atoms with E-state index < -0.39 is 6.10 Å². The molecule has 78 valence electrons. The summed E-state index contributed by atoms with van der Waals surface area (Å²) in [6.07, 6.45) is -0.694. The van der Waals surface area contributed by atoms with Gasteiger partial charge in [-0.3, -0.25) is 0 Å². The Labute approximate surface area is 88.2 Å². The molecular formula is C10H13ClO3. The molecule has 3 nitrogen and oxygen atoms in total. The van der Waals surface area contributed by atoms with Crippen LogP contribution >= 0.6 is 11.6 Å². The second-order valence-electron chi connectivity index (χ2n) is 2.82. The van der Waals surface area contributed by atoms with Crippen LogP contribution in [0.1, 0.15) is 11.7 Å². The Morgan fingerprint density at radius 1 is 1.21 bits per heavy atom. The topological polar surface area (TPSA) is 38.7 Å². The highest BCUT2D eigenvalue weighted by molar-refractivity contribution is 6.18. The monoisotopic (exact) mass is 216 g/mol. The summed E-state index contributed by atoms with van der Waals surface area (Å²) in [5.41, 5.74) is 0.691. The number of benzene rings is 1. The van der Waals surface area contributed by atoms with Gasteiger partial charge in [0.05, 0.1) is 26.2 Å². The van der Waals surface area contributed by atoms with Crippen molar-refractivity contribution in [1.82, 2.24) is 0 Å². The summed E-state index contributed by atoms with van der Waals surface area (Å²) in [6.45, 7) is 0. The number of hydrogen-bond acceptors (Lipinski definition) is 3. The van der Waals surface area contributed by atoms with Gasteiger partial charge in [-0.1, -0.05) is 0 Å². The Morgan fingerprint density at radius 3 is 2.07 bits per heavy atom. The SMILES string of the molecule is COc1cc(OC)cc([C@H](O)CCl)c1. The quantitative estimate of drug-likeness (QED) is 0.783. The largest absolute Gasteiger partial charge is 0.497 e. The fourth-order valence-corrected chi connectivity index (χ4v) is 1.29. The molecule has 0 unspecified atom stereocenters. The zero-order valence-electron chi connectivity index (χ0n) is 8.16. The summed E-state index contributed by atoms with van der Waals surface area (Å²) >= 11 is 5.55. The Kier molecular flexibility index (Phi) is 4.04. The van der Waals surface area contributed by atoms with Crippen molar-refractivity contribution in [2.45, 2.75) is 6.10 Å². The molecule has 0 fully saturated rings. The molecule has 0 bridgehead atoms. The summed E-state index contributed by atoms with van der Waals surface area (Å²) in [4.78, 5) is 0. The molecule has 1 aromatic carbocycles. The molecule has 0 aliphatic rings. The van der Waals surface area contributed by atoms with E-state index >= 15 is 0 Å². The van der Waals surface area contributed by atoms with Gasteiger partial charge in [0.1, 0.15) is 11.5 Å². The van der Waals surface area contributed by atoms with E-state index in [9.17, 15) is 5.11 Å². The average molecular weight is 217 g/mol. The summed E-state index contributed by atoms with van der Waals surface area (Å²) in [5, 5.41) is 9.53. The third-order valence-corrected chi connectivity index (χ3v) is 2.20. The smallest absolute Gasteiger partial charge is 0.122 e. The first-order valence-electron chi connectivity index (χ1n) is 4.18. The van der Waals surface area contributed by atoms with Crippen LogP contribution < -0.4 is 9.47 Å². The van der Waals surface area contributed by atoms with E-state index in [1.807, 2.05) is 0 Å². The molecule has 0 aliphatic carbocycles. The van der Waals surface area contributed by atoms with Gasteiger partial charge < -0.3 is 14.6 Å². The van der Waals surface area contributed by atoms with E-state index in [4.69, 9.17) is 21.1 Å². The Balaban J connectivity index is 3.04. The van der Waals surface area contributed by atoms with E-state index in [1.54, 1.807) is 32.4 Å². The molecule has 0 aliphatic heterocycles. The summed E-state index contributed by atoms with van der Waals surface area (Å²) in [6, 6.07) is 5.20. The van der Waals surface area contributed by atoms with Gasteiger partial charge in [0.2, 0.25) is 0 Å². The summed E-state index contributed by atoms with van der Waals surface area (Å²) < 4.78 is 10.1. The minimum Gasteiger partial charge on any atom is -0.497 e. The van der Waals surface area contributed by atoms with E-state index in [-0.39, 0.29) is 5.88 Å². The van der Waals surface area contributed by atoms with Crippen LogP contribution in [-0.4, -0.2) is 25.2 Å². The molecule has 0 spiro atoms. The summed E-state index contributed by atoms with van der Waals surface area (Å²) in [7, 11) is 3.12. The van der Waals surface area contributed by atoms with Crippen LogP contribution in [0.25, 0.3) is 0 Å². The Hall–Kier alpha value is -0.930. The zero-order chi connectivity index (χ0) is 10.6. The molecule has 4 heteroatoms. The number of halogens is 1. The molecular weight excluding hydrogens is 204 g/mol. The standard InChI is InChI=1S/C10H13ClO3/c1-13-8-3-7(10(12)6-11)4-9(5-8)14-2/h3-5,10,12H,6H2,1-2H3/t10-/m1/s1. The lowest BCUT2D eigenvalue weighted by Gasteiger charge is -2.11. The Morgan fingerprint density at radius 2 is 1.71 bits per heavy atom. The molecule has 0 radical (unpaired) electrons. The number of hydrogen-bond donors (Lipinski definition) is 1. The lowest BCUT2D eigenvalue weighted by molar-refractivity contribution is 0.201. The molecule has 1 aromatic rings. The Bertz CT molecular complexity index is 279. The van der Waals surface area contributed by atoms with Gasteiger partial charge in [0.25, 0.3) is 0 Å². The van der Waals surface area contributed by atoms with E-state index in [0.717, 1.165) is 0 Å². The van der Waals surface area contributed by atoms with Crippen LogP contribution in [0.2, 0.25) is 0 Å². The van der Waals surface area contributed by atoms with Crippen molar-refractivity contribution >= 4 is 11.6 Å². The first-order chi connectivity index (χ1) is 6.71. The van der Waals surface area contributed by atoms with Crippen molar-refractivity contribution in [2.24, 2.45) is 0 Å².